The van der Waals surface area contributed by atoms with Crippen LogP contribution < -0.4 is 4.72 Å². The second kappa shape index (κ2) is 6.24. The lowest BCUT2D eigenvalue weighted by Gasteiger charge is -2.16. The molecule has 3 nitrogen and oxygen atoms in total. The van der Waals surface area contributed by atoms with E-state index in [-0.39, 0.29) is 10.9 Å². The third-order valence-corrected chi connectivity index (χ3v) is 5.10. The van der Waals surface area contributed by atoms with E-state index >= 15 is 0 Å². The van der Waals surface area contributed by atoms with Crippen LogP contribution in [0.15, 0.2) is 47.4 Å². The Morgan fingerprint density at radius 1 is 1.10 bits per heavy atom. The molecule has 0 aliphatic heterocycles. The van der Waals surface area contributed by atoms with E-state index in [1.54, 1.807) is 12.1 Å². The lowest BCUT2D eigenvalue weighted by molar-refractivity contribution is 0.548. The summed E-state index contributed by atoms with van der Waals surface area (Å²) < 4.78 is 27.8. The summed E-state index contributed by atoms with van der Waals surface area (Å²) in [5.74, 6) is 0. The van der Waals surface area contributed by atoms with Crippen LogP contribution in [-0.4, -0.2) is 19.3 Å². The van der Waals surface area contributed by atoms with Gasteiger partial charge < -0.3 is 0 Å². The van der Waals surface area contributed by atoms with Crippen molar-refractivity contribution >= 4 is 36.7 Å². The fraction of sp³-hybridized carbons (Fsp3) is 0.333. The molecule has 2 atom stereocenters. The highest BCUT2D eigenvalue weighted by Gasteiger charge is 2.20. The number of benzene rings is 2. The van der Waals surface area contributed by atoms with Crippen LogP contribution in [-0.2, 0) is 10.0 Å². The Morgan fingerprint density at radius 2 is 1.75 bits per heavy atom. The largest absolute Gasteiger partial charge is 0.241 e. The van der Waals surface area contributed by atoms with E-state index in [0.717, 1.165) is 17.2 Å². The first-order valence-corrected chi connectivity index (χ1v) is 8.94. The average molecular weight is 356 g/mol. The average Bonchev–Trinajstić information content (AvgIpc) is 2.36. The molecule has 1 N–H and O–H groups in total. The van der Waals surface area contributed by atoms with E-state index in [1.807, 2.05) is 44.2 Å². The van der Waals surface area contributed by atoms with Crippen molar-refractivity contribution in [3.8, 4) is 0 Å². The summed E-state index contributed by atoms with van der Waals surface area (Å²) in [5, 5.41) is 1.68. The number of fused-ring (bicyclic) bond motifs is 1. The van der Waals surface area contributed by atoms with Gasteiger partial charge in [-0.25, -0.2) is 13.1 Å². The van der Waals surface area contributed by atoms with Crippen LogP contribution >= 0.6 is 15.9 Å². The molecule has 0 saturated heterocycles. The van der Waals surface area contributed by atoms with Gasteiger partial charge in [-0.1, -0.05) is 59.3 Å². The van der Waals surface area contributed by atoms with Gasteiger partial charge in [-0.2, -0.15) is 0 Å². The van der Waals surface area contributed by atoms with Crippen LogP contribution in [0.1, 0.15) is 20.3 Å². The van der Waals surface area contributed by atoms with Gasteiger partial charge in [-0.15, -0.1) is 0 Å². The SMILES string of the molecule is CC(Br)CC(C)NS(=O)(=O)c1cccc2ccccc12. The molecular formula is C15H18BrNO2S. The number of hydrogen-bond acceptors (Lipinski definition) is 2. The Kier molecular flexibility index (Phi) is 4.83. The summed E-state index contributed by atoms with van der Waals surface area (Å²) >= 11 is 3.44. The van der Waals surface area contributed by atoms with Crippen molar-refractivity contribution in [2.75, 3.05) is 0 Å². The number of alkyl halides is 1. The molecule has 2 aromatic rings. The fourth-order valence-corrected chi connectivity index (χ4v) is 4.34. The lowest BCUT2D eigenvalue weighted by Crippen LogP contribution is -2.34. The summed E-state index contributed by atoms with van der Waals surface area (Å²) in [5.41, 5.74) is 0. The van der Waals surface area contributed by atoms with E-state index in [9.17, 15) is 8.42 Å². The number of rotatable bonds is 5. The molecule has 0 radical (unpaired) electrons. The van der Waals surface area contributed by atoms with Crippen molar-refractivity contribution in [3.05, 3.63) is 42.5 Å². The number of sulfonamides is 1. The molecule has 0 aromatic heterocycles. The van der Waals surface area contributed by atoms with Crippen LogP contribution in [0.2, 0.25) is 0 Å². The van der Waals surface area contributed by atoms with Crippen molar-refractivity contribution in [1.82, 2.24) is 4.72 Å². The maximum atomic E-state index is 12.5. The first kappa shape index (κ1) is 15.5. The highest BCUT2D eigenvalue weighted by Crippen LogP contribution is 2.23. The third-order valence-electron chi connectivity index (χ3n) is 3.07. The van der Waals surface area contributed by atoms with E-state index in [2.05, 4.69) is 20.7 Å². The number of nitrogens with one attached hydrogen (secondary N) is 1. The van der Waals surface area contributed by atoms with Crippen LogP contribution in [0.3, 0.4) is 0 Å². The van der Waals surface area contributed by atoms with Gasteiger partial charge >= 0.3 is 0 Å². The third kappa shape index (κ3) is 3.59. The molecule has 0 amide bonds. The highest BCUT2D eigenvalue weighted by atomic mass is 79.9. The second-order valence-corrected chi connectivity index (χ2v) is 8.26. The minimum absolute atomic E-state index is 0.117. The van der Waals surface area contributed by atoms with Crippen molar-refractivity contribution < 1.29 is 8.42 Å². The Balaban J connectivity index is 2.37. The topological polar surface area (TPSA) is 46.2 Å². The van der Waals surface area contributed by atoms with E-state index in [4.69, 9.17) is 0 Å². The van der Waals surface area contributed by atoms with Gasteiger partial charge in [0, 0.05) is 16.3 Å². The molecule has 108 valence electrons. The van der Waals surface area contributed by atoms with Crippen molar-refractivity contribution in [1.29, 1.82) is 0 Å². The molecule has 5 heteroatoms. The monoisotopic (exact) mass is 355 g/mol. The molecule has 20 heavy (non-hydrogen) atoms. The predicted octanol–water partition coefficient (Wildman–Crippen LogP) is 3.68. The second-order valence-electron chi connectivity index (χ2n) is 5.02. The van der Waals surface area contributed by atoms with Gasteiger partial charge in [0.15, 0.2) is 0 Å². The van der Waals surface area contributed by atoms with E-state index < -0.39 is 10.0 Å². The van der Waals surface area contributed by atoms with Crippen molar-refractivity contribution in [2.24, 2.45) is 0 Å². The smallest absolute Gasteiger partial charge is 0.208 e. The maximum absolute atomic E-state index is 12.5. The van der Waals surface area contributed by atoms with Crippen LogP contribution in [0.25, 0.3) is 10.8 Å². The van der Waals surface area contributed by atoms with Crippen molar-refractivity contribution in [2.45, 2.75) is 36.0 Å². The zero-order valence-corrected chi connectivity index (χ0v) is 13.9. The molecule has 0 aliphatic carbocycles. The van der Waals surface area contributed by atoms with Gasteiger partial charge in [-0.05, 0) is 24.8 Å². The Hall–Kier alpha value is -0.910. The molecule has 0 bridgehead atoms. The zero-order valence-electron chi connectivity index (χ0n) is 11.5. The number of halogens is 1. The van der Waals surface area contributed by atoms with Crippen LogP contribution in [0.5, 0.6) is 0 Å². The molecule has 0 heterocycles. The van der Waals surface area contributed by atoms with E-state index in [1.165, 1.54) is 0 Å². The standard InChI is InChI=1S/C15H18BrNO2S/c1-11(16)10-12(2)17-20(18,19)15-9-5-7-13-6-3-4-8-14(13)15/h3-9,11-12,17H,10H2,1-2H3. The molecular weight excluding hydrogens is 338 g/mol. The fourth-order valence-electron chi connectivity index (χ4n) is 2.29. The molecule has 0 fully saturated rings. The van der Waals surface area contributed by atoms with Gasteiger partial charge in [0.05, 0.1) is 4.90 Å². The minimum atomic E-state index is -3.50. The normalized spacial score (nSPS) is 15.2. The first-order chi connectivity index (χ1) is 9.40. The number of hydrogen-bond donors (Lipinski definition) is 1. The first-order valence-electron chi connectivity index (χ1n) is 6.54. The van der Waals surface area contributed by atoms with Gasteiger partial charge in [0.25, 0.3) is 0 Å². The Bertz CT molecular complexity index is 693. The molecule has 0 aliphatic rings. The van der Waals surface area contributed by atoms with Crippen LogP contribution in [0.4, 0.5) is 0 Å². The molecule has 2 aromatic carbocycles. The summed E-state index contributed by atoms with van der Waals surface area (Å²) in [6.45, 7) is 3.88. The molecule has 0 spiro atoms. The van der Waals surface area contributed by atoms with Crippen LogP contribution in [0, 0.1) is 0 Å². The quantitative estimate of drug-likeness (QED) is 0.831. The highest BCUT2D eigenvalue weighted by molar-refractivity contribution is 9.09. The van der Waals surface area contributed by atoms with E-state index in [0.29, 0.717) is 4.90 Å². The summed E-state index contributed by atoms with van der Waals surface area (Å²) in [6, 6.07) is 12.7. The molecule has 2 rings (SSSR count). The maximum Gasteiger partial charge on any atom is 0.241 e. The zero-order chi connectivity index (χ0) is 14.8. The van der Waals surface area contributed by atoms with Gasteiger partial charge in [0.2, 0.25) is 10.0 Å². The van der Waals surface area contributed by atoms with Gasteiger partial charge in [-0.3, -0.25) is 0 Å². The predicted molar refractivity (Wildman–Crippen MR) is 86.7 cm³/mol. The lowest BCUT2D eigenvalue weighted by atomic mass is 10.1. The summed E-state index contributed by atoms with van der Waals surface area (Å²) in [7, 11) is -3.50. The summed E-state index contributed by atoms with van der Waals surface area (Å²) in [4.78, 5) is 0.609. The summed E-state index contributed by atoms with van der Waals surface area (Å²) in [6.07, 6.45) is 0.740. The Labute approximate surface area is 128 Å². The Morgan fingerprint density at radius 3 is 2.45 bits per heavy atom. The van der Waals surface area contributed by atoms with Gasteiger partial charge in [0.1, 0.15) is 0 Å². The molecule has 0 saturated carbocycles. The molecule has 2 unspecified atom stereocenters. The van der Waals surface area contributed by atoms with Crippen molar-refractivity contribution in [3.63, 3.8) is 0 Å². The minimum Gasteiger partial charge on any atom is -0.208 e.